The van der Waals surface area contributed by atoms with Crippen LogP contribution in [-0.2, 0) is 11.2 Å². The number of hydrogen-bond donors (Lipinski definition) is 0. The summed E-state index contributed by atoms with van der Waals surface area (Å²) in [4.78, 5) is 25.8. The van der Waals surface area contributed by atoms with E-state index in [1.54, 1.807) is 12.1 Å². The van der Waals surface area contributed by atoms with Gasteiger partial charge in [0.25, 0.3) is 0 Å². The predicted octanol–water partition coefficient (Wildman–Crippen LogP) is 11.4. The summed E-state index contributed by atoms with van der Waals surface area (Å²) < 4.78 is 68.6. The van der Waals surface area contributed by atoms with E-state index >= 15 is 0 Å². The van der Waals surface area contributed by atoms with Gasteiger partial charge in [-0.05, 0) is 116 Å². The molecular formula is C39H49F5O3S. The molecule has 0 aromatic heterocycles. The second-order valence-electron chi connectivity index (χ2n) is 14.5. The minimum Gasteiger partial charge on any atom is -0.423 e. The van der Waals surface area contributed by atoms with E-state index in [-0.39, 0.29) is 17.8 Å². The minimum absolute atomic E-state index is 0.134. The third-order valence-electron chi connectivity index (χ3n) is 11.4. The van der Waals surface area contributed by atoms with Crippen LogP contribution >= 0.6 is 11.8 Å². The van der Waals surface area contributed by atoms with E-state index in [0.29, 0.717) is 52.9 Å². The van der Waals surface area contributed by atoms with Crippen LogP contribution in [0.3, 0.4) is 0 Å². The molecule has 2 aromatic carbocycles. The van der Waals surface area contributed by atoms with Crippen LogP contribution in [0.4, 0.5) is 22.0 Å². The van der Waals surface area contributed by atoms with Crippen molar-refractivity contribution < 1.29 is 36.3 Å². The molecule has 0 saturated heterocycles. The lowest BCUT2D eigenvalue weighted by Gasteiger charge is -2.51. The van der Waals surface area contributed by atoms with Gasteiger partial charge in [-0.2, -0.15) is 33.7 Å². The molecule has 264 valence electrons. The van der Waals surface area contributed by atoms with Gasteiger partial charge in [-0.15, -0.1) is 0 Å². The average Bonchev–Trinajstić information content (AvgIpc) is 3.36. The SMILES string of the molecule is C[C@]12CCC3c4ccc(OC(=O)c5ccccc5)cc4CC(CCCCCCCCCSCCCC(F)(F)C(F)(F)F)C3C1CCC2=O. The van der Waals surface area contributed by atoms with Crippen LogP contribution < -0.4 is 4.74 Å². The summed E-state index contributed by atoms with van der Waals surface area (Å²) in [7, 11) is 0. The van der Waals surface area contributed by atoms with Gasteiger partial charge in [0.15, 0.2) is 0 Å². The fourth-order valence-corrected chi connectivity index (χ4v) is 9.72. The number of ketones is 1. The van der Waals surface area contributed by atoms with Gasteiger partial charge in [0.2, 0.25) is 0 Å². The quantitative estimate of drug-likeness (QED) is 0.0760. The molecule has 3 nitrogen and oxygen atoms in total. The Morgan fingerprint density at radius 1 is 0.896 bits per heavy atom. The monoisotopic (exact) mass is 692 g/mol. The Balaban J connectivity index is 1.08. The fourth-order valence-electron chi connectivity index (χ4n) is 8.76. The Kier molecular flexibility index (Phi) is 12.3. The molecule has 0 bridgehead atoms. The van der Waals surface area contributed by atoms with Gasteiger partial charge in [-0.25, -0.2) is 4.79 Å². The number of alkyl halides is 5. The standard InChI is InChI=1S/C39H49F5O3S/c1-37-22-20-32-31-17-16-30(47-36(46)27-13-9-7-10-14-27)26-29(31)25-28(35(32)33(37)18-19-34(37)45)15-8-5-3-2-4-6-11-23-48-24-12-21-38(40,41)39(42,43)44/h7,9-10,13-14,16-17,26,28,32-33,35H,2-6,8,11-12,15,18-25H2,1H3/t28?,32?,33?,35?,37-/m0/s1. The summed E-state index contributed by atoms with van der Waals surface area (Å²) in [6, 6.07) is 15.2. The molecule has 0 spiro atoms. The van der Waals surface area contributed by atoms with Crippen LogP contribution in [-0.4, -0.2) is 35.4 Å². The maximum absolute atomic E-state index is 13.0. The van der Waals surface area contributed by atoms with Crippen molar-refractivity contribution in [2.24, 2.45) is 23.2 Å². The highest BCUT2D eigenvalue weighted by molar-refractivity contribution is 7.99. The van der Waals surface area contributed by atoms with Gasteiger partial charge in [0.05, 0.1) is 5.56 Å². The number of Topliss-reactive ketones (excluding diaryl/α,β-unsaturated/α-hetero) is 1. The first-order valence-electron chi connectivity index (χ1n) is 17.9. The van der Waals surface area contributed by atoms with Gasteiger partial charge >= 0.3 is 18.1 Å². The Hall–Kier alpha value is -2.42. The number of thioether (sulfide) groups is 1. The van der Waals surface area contributed by atoms with E-state index < -0.39 is 18.5 Å². The van der Waals surface area contributed by atoms with Gasteiger partial charge in [0, 0.05) is 18.3 Å². The molecule has 0 amide bonds. The molecule has 2 saturated carbocycles. The third kappa shape index (κ3) is 8.65. The van der Waals surface area contributed by atoms with Gasteiger partial charge in [-0.3, -0.25) is 4.79 Å². The van der Waals surface area contributed by atoms with Crippen molar-refractivity contribution in [1.29, 1.82) is 0 Å². The lowest BCUT2D eigenvalue weighted by atomic mass is 9.52. The summed E-state index contributed by atoms with van der Waals surface area (Å²) in [6.45, 7) is 2.22. The normalized spacial score (nSPS) is 25.3. The highest BCUT2D eigenvalue weighted by atomic mass is 32.2. The molecule has 0 aliphatic heterocycles. The molecule has 5 rings (SSSR count). The van der Waals surface area contributed by atoms with Crippen LogP contribution in [0.15, 0.2) is 48.5 Å². The predicted molar refractivity (Wildman–Crippen MR) is 181 cm³/mol. The van der Waals surface area contributed by atoms with Crippen molar-refractivity contribution in [1.82, 2.24) is 0 Å². The van der Waals surface area contributed by atoms with E-state index in [1.807, 2.05) is 24.3 Å². The number of benzene rings is 2. The molecule has 2 aromatic rings. The molecule has 0 radical (unpaired) electrons. The number of esters is 1. The van der Waals surface area contributed by atoms with Crippen LogP contribution in [0.5, 0.6) is 5.75 Å². The molecule has 48 heavy (non-hydrogen) atoms. The third-order valence-corrected chi connectivity index (χ3v) is 12.5. The summed E-state index contributed by atoms with van der Waals surface area (Å²) in [5, 5.41) is 0. The van der Waals surface area contributed by atoms with Crippen molar-refractivity contribution in [2.75, 3.05) is 11.5 Å². The van der Waals surface area contributed by atoms with Gasteiger partial charge in [0.1, 0.15) is 11.5 Å². The zero-order valence-corrected chi connectivity index (χ0v) is 28.8. The largest absolute Gasteiger partial charge is 0.453 e. The first-order chi connectivity index (χ1) is 22.9. The molecular weight excluding hydrogens is 643 g/mol. The second-order valence-corrected chi connectivity index (χ2v) is 15.7. The van der Waals surface area contributed by atoms with Crippen LogP contribution in [0.1, 0.15) is 124 Å². The molecule has 5 atom stereocenters. The number of carbonyl (C=O) groups is 2. The topological polar surface area (TPSA) is 43.4 Å². The number of rotatable bonds is 16. The Morgan fingerprint density at radius 2 is 1.58 bits per heavy atom. The molecule has 0 N–H and O–H groups in total. The van der Waals surface area contributed by atoms with Gasteiger partial charge in [-0.1, -0.05) is 69.7 Å². The molecule has 2 fully saturated rings. The Labute approximate surface area is 286 Å². The van der Waals surface area contributed by atoms with E-state index in [9.17, 15) is 31.5 Å². The number of ether oxygens (including phenoxy) is 1. The molecule has 0 heterocycles. The number of unbranched alkanes of at least 4 members (excludes halogenated alkanes) is 6. The van der Waals surface area contributed by atoms with Crippen molar-refractivity contribution in [2.45, 2.75) is 121 Å². The number of fused-ring (bicyclic) bond motifs is 5. The molecule has 4 unspecified atom stereocenters. The van der Waals surface area contributed by atoms with Crippen molar-refractivity contribution in [3.63, 3.8) is 0 Å². The van der Waals surface area contributed by atoms with E-state index in [0.717, 1.165) is 82.8 Å². The van der Waals surface area contributed by atoms with E-state index in [4.69, 9.17) is 4.74 Å². The zero-order valence-electron chi connectivity index (χ0n) is 28.0. The molecule has 3 aliphatic carbocycles. The fraction of sp³-hybridized carbons (Fsp3) is 0.641. The van der Waals surface area contributed by atoms with E-state index in [1.165, 1.54) is 22.9 Å². The van der Waals surface area contributed by atoms with Crippen LogP contribution in [0.2, 0.25) is 0 Å². The van der Waals surface area contributed by atoms with Crippen molar-refractivity contribution in [3.8, 4) is 5.75 Å². The highest BCUT2D eigenvalue weighted by Gasteiger charge is 2.57. The first kappa shape index (κ1) is 36.9. The summed E-state index contributed by atoms with van der Waals surface area (Å²) in [5.74, 6) is -0.956. The Bertz CT molecular complexity index is 1380. The molecule has 9 heteroatoms. The highest BCUT2D eigenvalue weighted by Crippen LogP contribution is 2.61. The van der Waals surface area contributed by atoms with Crippen LogP contribution in [0, 0.1) is 23.2 Å². The smallest absolute Gasteiger partial charge is 0.423 e. The van der Waals surface area contributed by atoms with Crippen molar-refractivity contribution >= 4 is 23.5 Å². The lowest BCUT2D eigenvalue weighted by molar-refractivity contribution is -0.284. The Morgan fingerprint density at radius 3 is 2.31 bits per heavy atom. The zero-order chi connectivity index (χ0) is 34.4. The van der Waals surface area contributed by atoms with Gasteiger partial charge < -0.3 is 4.74 Å². The maximum atomic E-state index is 13.0. The maximum Gasteiger partial charge on any atom is 0.453 e. The van der Waals surface area contributed by atoms with E-state index in [2.05, 4.69) is 19.1 Å². The summed E-state index contributed by atoms with van der Waals surface area (Å²) in [5.41, 5.74) is 2.97. The van der Waals surface area contributed by atoms with Crippen molar-refractivity contribution in [3.05, 3.63) is 65.2 Å². The number of carbonyl (C=O) groups excluding carboxylic acids is 2. The van der Waals surface area contributed by atoms with Crippen LogP contribution in [0.25, 0.3) is 0 Å². The second kappa shape index (κ2) is 16.1. The number of hydrogen-bond acceptors (Lipinski definition) is 4. The number of halogens is 5. The summed E-state index contributed by atoms with van der Waals surface area (Å²) >= 11 is 1.46. The average molecular weight is 693 g/mol. The lowest BCUT2D eigenvalue weighted by Crippen LogP contribution is -2.46. The minimum atomic E-state index is -5.46. The first-order valence-corrected chi connectivity index (χ1v) is 19.0. The molecule has 3 aliphatic rings. The summed E-state index contributed by atoms with van der Waals surface area (Å²) in [6.07, 6.45) is 6.66.